The van der Waals surface area contributed by atoms with Gasteiger partial charge in [-0.15, -0.1) is 0 Å². The standard InChI is InChI=1S/C19H24Cl2N4O2/c20-15-10-14-17(11-16(15)21)23-18(13-2-1-3-22-12-13)25(19(14)26)5-4-24-6-8-27-9-7-24/h10-11,13,22H,1-9,12H2/t13-/m1/s1. The first kappa shape index (κ1) is 19.2. The van der Waals surface area contributed by atoms with Crippen molar-refractivity contribution >= 4 is 34.1 Å². The van der Waals surface area contributed by atoms with Gasteiger partial charge >= 0.3 is 0 Å². The van der Waals surface area contributed by atoms with Crippen molar-refractivity contribution in [3.05, 3.63) is 38.4 Å². The predicted octanol–water partition coefficient (Wildman–Crippen LogP) is 2.50. The fraction of sp³-hybridized carbons (Fsp3) is 0.579. The van der Waals surface area contributed by atoms with E-state index in [0.29, 0.717) is 27.5 Å². The molecule has 0 amide bonds. The molecule has 6 nitrogen and oxygen atoms in total. The molecule has 1 aromatic heterocycles. The van der Waals surface area contributed by atoms with Crippen LogP contribution in [0.15, 0.2) is 16.9 Å². The van der Waals surface area contributed by atoms with Gasteiger partial charge in [-0.1, -0.05) is 23.2 Å². The van der Waals surface area contributed by atoms with Crippen molar-refractivity contribution in [3.8, 4) is 0 Å². The van der Waals surface area contributed by atoms with Gasteiger partial charge in [0.15, 0.2) is 0 Å². The second-order valence-corrected chi connectivity index (χ2v) is 8.02. The Hall–Kier alpha value is -1.18. The molecule has 8 heteroatoms. The summed E-state index contributed by atoms with van der Waals surface area (Å²) >= 11 is 12.3. The molecule has 0 saturated carbocycles. The van der Waals surface area contributed by atoms with E-state index in [-0.39, 0.29) is 11.5 Å². The number of nitrogens with one attached hydrogen (secondary N) is 1. The van der Waals surface area contributed by atoms with Crippen LogP contribution in [0.5, 0.6) is 0 Å². The van der Waals surface area contributed by atoms with E-state index in [1.165, 1.54) is 0 Å². The van der Waals surface area contributed by atoms with Crippen molar-refractivity contribution in [1.82, 2.24) is 19.8 Å². The van der Waals surface area contributed by atoms with Crippen molar-refractivity contribution in [2.24, 2.45) is 0 Å². The van der Waals surface area contributed by atoms with Gasteiger partial charge < -0.3 is 10.1 Å². The van der Waals surface area contributed by atoms with Crippen LogP contribution < -0.4 is 10.9 Å². The average Bonchev–Trinajstić information content (AvgIpc) is 2.70. The summed E-state index contributed by atoms with van der Waals surface area (Å²) in [6.45, 7) is 6.59. The molecule has 27 heavy (non-hydrogen) atoms. The molecule has 2 aliphatic rings. The molecule has 1 aromatic carbocycles. The maximum absolute atomic E-state index is 13.3. The Morgan fingerprint density at radius 2 is 1.96 bits per heavy atom. The first-order valence-corrected chi connectivity index (χ1v) is 10.3. The van der Waals surface area contributed by atoms with Gasteiger partial charge in [0, 0.05) is 38.6 Å². The number of morpholine rings is 1. The number of aromatic nitrogens is 2. The zero-order chi connectivity index (χ0) is 18.8. The van der Waals surface area contributed by atoms with Crippen molar-refractivity contribution in [2.75, 3.05) is 45.9 Å². The Balaban J connectivity index is 1.73. The van der Waals surface area contributed by atoms with Gasteiger partial charge in [-0.25, -0.2) is 4.98 Å². The lowest BCUT2D eigenvalue weighted by molar-refractivity contribution is 0.0361. The van der Waals surface area contributed by atoms with Gasteiger partial charge in [0.1, 0.15) is 5.82 Å². The number of piperidine rings is 1. The molecule has 2 aromatic rings. The highest BCUT2D eigenvalue weighted by molar-refractivity contribution is 6.42. The highest BCUT2D eigenvalue weighted by atomic mass is 35.5. The summed E-state index contributed by atoms with van der Waals surface area (Å²) in [6.07, 6.45) is 2.12. The first-order chi connectivity index (χ1) is 13.1. The summed E-state index contributed by atoms with van der Waals surface area (Å²) in [5.74, 6) is 1.08. The number of benzene rings is 1. The van der Waals surface area contributed by atoms with E-state index in [9.17, 15) is 4.79 Å². The molecule has 1 atom stereocenters. The Kier molecular flexibility index (Phi) is 5.99. The normalized spacial score (nSPS) is 21.6. The van der Waals surface area contributed by atoms with E-state index in [2.05, 4.69) is 10.2 Å². The Morgan fingerprint density at radius 3 is 2.70 bits per heavy atom. The van der Waals surface area contributed by atoms with E-state index in [1.54, 1.807) is 12.1 Å². The van der Waals surface area contributed by atoms with Gasteiger partial charge in [-0.05, 0) is 31.5 Å². The van der Waals surface area contributed by atoms with Gasteiger partial charge in [0.2, 0.25) is 0 Å². The second kappa shape index (κ2) is 8.45. The SMILES string of the molecule is O=c1c2cc(Cl)c(Cl)cc2nc([C@@H]2CCCNC2)n1CCN1CCOCC1. The van der Waals surface area contributed by atoms with Crippen LogP contribution in [-0.4, -0.2) is 60.4 Å². The molecule has 0 bridgehead atoms. The lowest BCUT2D eigenvalue weighted by Crippen LogP contribution is -2.41. The molecule has 0 spiro atoms. The molecule has 2 aliphatic heterocycles. The van der Waals surface area contributed by atoms with E-state index in [0.717, 1.165) is 64.6 Å². The minimum absolute atomic E-state index is 0.0348. The monoisotopic (exact) mass is 410 g/mol. The predicted molar refractivity (Wildman–Crippen MR) is 108 cm³/mol. The third-order valence-electron chi connectivity index (χ3n) is 5.43. The number of nitrogens with zero attached hydrogens (tertiary/aromatic N) is 3. The van der Waals surface area contributed by atoms with Gasteiger partial charge in [0.05, 0.1) is 34.2 Å². The average molecular weight is 411 g/mol. The zero-order valence-electron chi connectivity index (χ0n) is 15.2. The molecule has 0 radical (unpaired) electrons. The molecule has 2 fully saturated rings. The van der Waals surface area contributed by atoms with Crippen LogP contribution in [-0.2, 0) is 11.3 Å². The van der Waals surface area contributed by atoms with Crippen molar-refractivity contribution in [1.29, 1.82) is 0 Å². The number of fused-ring (bicyclic) bond motifs is 1. The maximum Gasteiger partial charge on any atom is 0.261 e. The largest absolute Gasteiger partial charge is 0.379 e. The number of hydrogen-bond acceptors (Lipinski definition) is 5. The van der Waals surface area contributed by atoms with Crippen LogP contribution >= 0.6 is 23.2 Å². The number of hydrogen-bond donors (Lipinski definition) is 1. The molecule has 146 valence electrons. The van der Waals surface area contributed by atoms with Crippen LogP contribution in [0, 0.1) is 0 Å². The van der Waals surface area contributed by atoms with Gasteiger partial charge in [-0.3, -0.25) is 14.3 Å². The smallest absolute Gasteiger partial charge is 0.261 e. The first-order valence-electron chi connectivity index (χ1n) is 9.54. The number of halogens is 2. The highest BCUT2D eigenvalue weighted by Crippen LogP contribution is 2.28. The molecule has 0 unspecified atom stereocenters. The molecule has 1 N–H and O–H groups in total. The fourth-order valence-corrected chi connectivity index (χ4v) is 4.22. The molecule has 4 rings (SSSR count). The van der Waals surface area contributed by atoms with Crippen molar-refractivity contribution < 1.29 is 4.74 Å². The number of rotatable bonds is 4. The summed E-state index contributed by atoms with van der Waals surface area (Å²) in [5.41, 5.74) is 0.588. The third-order valence-corrected chi connectivity index (χ3v) is 6.15. The lowest BCUT2D eigenvalue weighted by atomic mass is 9.98. The third kappa shape index (κ3) is 4.15. The van der Waals surface area contributed by atoms with Crippen LogP contribution in [0.3, 0.4) is 0 Å². The van der Waals surface area contributed by atoms with Crippen LogP contribution in [0.4, 0.5) is 0 Å². The van der Waals surface area contributed by atoms with E-state index in [4.69, 9.17) is 32.9 Å². The summed E-state index contributed by atoms with van der Waals surface area (Å²) in [7, 11) is 0. The quantitative estimate of drug-likeness (QED) is 0.838. The van der Waals surface area contributed by atoms with E-state index < -0.39 is 0 Å². The fourth-order valence-electron chi connectivity index (χ4n) is 3.90. The second-order valence-electron chi connectivity index (χ2n) is 7.21. The molecular formula is C19H24Cl2N4O2. The molecular weight excluding hydrogens is 387 g/mol. The summed E-state index contributed by atoms with van der Waals surface area (Å²) in [5, 5.41) is 4.76. The Morgan fingerprint density at radius 1 is 1.19 bits per heavy atom. The van der Waals surface area contributed by atoms with E-state index in [1.807, 2.05) is 4.57 Å². The van der Waals surface area contributed by atoms with E-state index >= 15 is 0 Å². The van der Waals surface area contributed by atoms with Gasteiger partial charge in [0.25, 0.3) is 5.56 Å². The minimum atomic E-state index is -0.0348. The molecule has 2 saturated heterocycles. The van der Waals surface area contributed by atoms with Gasteiger partial charge in [-0.2, -0.15) is 0 Å². The number of ether oxygens (including phenoxy) is 1. The Labute approximate surface area is 168 Å². The highest BCUT2D eigenvalue weighted by Gasteiger charge is 2.23. The van der Waals surface area contributed by atoms with Crippen LogP contribution in [0.25, 0.3) is 10.9 Å². The Bertz CT molecular complexity index is 874. The maximum atomic E-state index is 13.3. The summed E-state index contributed by atoms with van der Waals surface area (Å²) in [6, 6.07) is 3.34. The zero-order valence-corrected chi connectivity index (χ0v) is 16.7. The van der Waals surface area contributed by atoms with Crippen molar-refractivity contribution in [2.45, 2.75) is 25.3 Å². The molecule has 3 heterocycles. The van der Waals surface area contributed by atoms with Crippen molar-refractivity contribution in [3.63, 3.8) is 0 Å². The summed E-state index contributed by atoms with van der Waals surface area (Å²) in [4.78, 5) is 20.5. The van der Waals surface area contributed by atoms with Crippen LogP contribution in [0.2, 0.25) is 10.0 Å². The van der Waals surface area contributed by atoms with Crippen LogP contribution in [0.1, 0.15) is 24.6 Å². The lowest BCUT2D eigenvalue weighted by Gasteiger charge is -2.29. The topological polar surface area (TPSA) is 59.4 Å². The minimum Gasteiger partial charge on any atom is -0.379 e. The summed E-state index contributed by atoms with van der Waals surface area (Å²) < 4.78 is 7.27. The molecule has 0 aliphatic carbocycles.